The molecule has 10 nitrogen and oxygen atoms in total. The van der Waals surface area contributed by atoms with Crippen LogP contribution in [0.1, 0.15) is 43.9 Å². The average Bonchev–Trinajstić information content (AvgIpc) is 3.34. The number of nitrogens with zero attached hydrogens (tertiary/aromatic N) is 1. The minimum Gasteiger partial charge on any atom is -0.507 e. The van der Waals surface area contributed by atoms with Gasteiger partial charge in [-0.15, -0.1) is 0 Å². The summed E-state index contributed by atoms with van der Waals surface area (Å²) in [6.45, 7) is 0.765. The molecule has 0 bridgehead atoms. The average molecular weight is 462 g/mol. The monoisotopic (exact) mass is 462 g/mol. The number of nitrogens with one attached hydrogen (secondary N) is 1. The van der Waals surface area contributed by atoms with Crippen molar-refractivity contribution in [3.8, 4) is 5.75 Å². The Morgan fingerprint density at radius 1 is 0.938 bits per heavy atom. The van der Waals surface area contributed by atoms with Crippen molar-refractivity contribution in [1.82, 2.24) is 4.31 Å². The van der Waals surface area contributed by atoms with E-state index in [1.807, 2.05) is 0 Å². The van der Waals surface area contributed by atoms with Crippen LogP contribution in [0.5, 0.6) is 5.75 Å². The number of anilines is 1. The Morgan fingerprint density at radius 3 is 2.22 bits per heavy atom. The van der Waals surface area contributed by atoms with Gasteiger partial charge in [0.15, 0.2) is 0 Å². The fourth-order valence-electron chi connectivity index (χ4n) is 3.31. The SMILES string of the molecule is COC(=O)c1ccc(C(=O)OC)c(NC(=O)c2cc(S(=O)(=O)N3CCCC3)ccc2O)c1. The van der Waals surface area contributed by atoms with E-state index in [0.29, 0.717) is 13.1 Å². The maximum absolute atomic E-state index is 12.9. The van der Waals surface area contributed by atoms with Gasteiger partial charge in [-0.2, -0.15) is 4.31 Å². The Kier molecular flexibility index (Phi) is 6.80. The lowest BCUT2D eigenvalue weighted by Crippen LogP contribution is -2.28. The maximum Gasteiger partial charge on any atom is 0.339 e. The molecule has 1 amide bonds. The van der Waals surface area contributed by atoms with Crippen LogP contribution in [0.15, 0.2) is 41.3 Å². The number of benzene rings is 2. The third-order valence-corrected chi connectivity index (χ3v) is 6.90. The number of ether oxygens (including phenoxy) is 2. The highest BCUT2D eigenvalue weighted by Gasteiger charge is 2.29. The van der Waals surface area contributed by atoms with E-state index in [1.165, 1.54) is 35.7 Å². The number of aromatic hydroxyl groups is 1. The van der Waals surface area contributed by atoms with Gasteiger partial charge in [-0.3, -0.25) is 4.79 Å². The molecule has 0 saturated carbocycles. The summed E-state index contributed by atoms with van der Waals surface area (Å²) >= 11 is 0. The molecule has 0 aromatic heterocycles. The van der Waals surface area contributed by atoms with Gasteiger partial charge in [0.25, 0.3) is 5.91 Å². The van der Waals surface area contributed by atoms with Crippen LogP contribution in [0.4, 0.5) is 5.69 Å². The fourth-order valence-corrected chi connectivity index (χ4v) is 4.85. The van der Waals surface area contributed by atoms with Gasteiger partial charge in [-0.1, -0.05) is 0 Å². The van der Waals surface area contributed by atoms with Crippen molar-refractivity contribution in [2.45, 2.75) is 17.7 Å². The third-order valence-electron chi connectivity index (χ3n) is 5.01. The second-order valence-electron chi connectivity index (χ2n) is 6.99. The lowest BCUT2D eigenvalue weighted by atomic mass is 10.1. The van der Waals surface area contributed by atoms with E-state index < -0.39 is 33.6 Å². The van der Waals surface area contributed by atoms with Crippen LogP contribution >= 0.6 is 0 Å². The van der Waals surface area contributed by atoms with Gasteiger partial charge in [0.2, 0.25) is 10.0 Å². The topological polar surface area (TPSA) is 139 Å². The predicted molar refractivity (Wildman–Crippen MR) is 113 cm³/mol. The van der Waals surface area contributed by atoms with Crippen LogP contribution in [0, 0.1) is 0 Å². The molecule has 0 atom stereocenters. The van der Waals surface area contributed by atoms with E-state index in [0.717, 1.165) is 32.1 Å². The number of hydrogen-bond acceptors (Lipinski definition) is 8. The molecule has 1 aliphatic heterocycles. The summed E-state index contributed by atoms with van der Waals surface area (Å²) in [7, 11) is -1.49. The summed E-state index contributed by atoms with van der Waals surface area (Å²) in [5.74, 6) is -2.80. The molecule has 2 aromatic rings. The van der Waals surface area contributed by atoms with Crippen LogP contribution in [0.25, 0.3) is 0 Å². The van der Waals surface area contributed by atoms with Crippen LogP contribution in [0.3, 0.4) is 0 Å². The lowest BCUT2D eigenvalue weighted by Gasteiger charge is -2.17. The number of esters is 2. The molecule has 2 aromatic carbocycles. The number of hydrogen-bond donors (Lipinski definition) is 2. The van der Waals surface area contributed by atoms with E-state index in [4.69, 9.17) is 4.74 Å². The first-order chi connectivity index (χ1) is 15.2. The van der Waals surface area contributed by atoms with Gasteiger partial charge >= 0.3 is 11.9 Å². The molecule has 1 fully saturated rings. The molecule has 1 aliphatic rings. The predicted octanol–water partition coefficient (Wildman–Crippen LogP) is 2.00. The van der Waals surface area contributed by atoms with Crippen LogP contribution in [0.2, 0.25) is 0 Å². The Labute approximate surface area is 184 Å². The minimum absolute atomic E-state index is 0.0474. The highest BCUT2D eigenvalue weighted by atomic mass is 32.2. The first-order valence-electron chi connectivity index (χ1n) is 9.64. The molecular weight excluding hydrogens is 440 g/mol. The summed E-state index contributed by atoms with van der Waals surface area (Å²) in [5, 5.41) is 12.6. The number of phenolic OH excluding ortho intramolecular Hbond substituents is 1. The van der Waals surface area contributed by atoms with Crippen molar-refractivity contribution in [1.29, 1.82) is 0 Å². The molecule has 11 heteroatoms. The van der Waals surface area contributed by atoms with Gasteiger partial charge in [0.1, 0.15) is 5.75 Å². The van der Waals surface area contributed by atoms with E-state index in [9.17, 15) is 27.9 Å². The summed E-state index contributed by atoms with van der Waals surface area (Å²) in [6, 6.07) is 7.23. The second kappa shape index (κ2) is 9.37. The molecule has 0 spiro atoms. The highest BCUT2D eigenvalue weighted by molar-refractivity contribution is 7.89. The summed E-state index contributed by atoms with van der Waals surface area (Å²) in [6.07, 6.45) is 1.50. The maximum atomic E-state index is 12.9. The summed E-state index contributed by atoms with van der Waals surface area (Å²) in [4.78, 5) is 36.7. The normalized spacial score (nSPS) is 14.1. The first kappa shape index (κ1) is 23.2. The minimum atomic E-state index is -3.82. The number of methoxy groups -OCH3 is 2. The van der Waals surface area contributed by atoms with E-state index >= 15 is 0 Å². The van der Waals surface area contributed by atoms with Crippen molar-refractivity contribution < 1.29 is 37.4 Å². The third kappa shape index (κ3) is 4.58. The zero-order valence-corrected chi connectivity index (χ0v) is 18.3. The van der Waals surface area contributed by atoms with Crippen molar-refractivity contribution in [2.24, 2.45) is 0 Å². The quantitative estimate of drug-likeness (QED) is 0.622. The Morgan fingerprint density at radius 2 is 1.59 bits per heavy atom. The highest BCUT2D eigenvalue weighted by Crippen LogP contribution is 2.27. The summed E-state index contributed by atoms with van der Waals surface area (Å²) in [5.41, 5.74) is -0.375. The van der Waals surface area contributed by atoms with Crippen LogP contribution < -0.4 is 5.32 Å². The van der Waals surface area contributed by atoms with Crippen molar-refractivity contribution in [3.63, 3.8) is 0 Å². The zero-order valence-electron chi connectivity index (χ0n) is 17.5. The largest absolute Gasteiger partial charge is 0.507 e. The van der Waals surface area contributed by atoms with E-state index in [-0.39, 0.29) is 27.3 Å². The molecule has 1 saturated heterocycles. The number of phenols is 1. The number of carbonyl (C=O) groups excluding carboxylic acids is 3. The molecule has 0 unspecified atom stereocenters. The molecule has 32 heavy (non-hydrogen) atoms. The van der Waals surface area contributed by atoms with Gasteiger partial charge in [-0.05, 0) is 49.2 Å². The van der Waals surface area contributed by atoms with Crippen molar-refractivity contribution >= 4 is 33.6 Å². The Balaban J connectivity index is 1.98. The van der Waals surface area contributed by atoms with Gasteiger partial charge in [-0.25, -0.2) is 18.0 Å². The van der Waals surface area contributed by atoms with E-state index in [2.05, 4.69) is 10.1 Å². The van der Waals surface area contributed by atoms with Crippen molar-refractivity contribution in [3.05, 3.63) is 53.1 Å². The number of rotatable bonds is 6. The van der Waals surface area contributed by atoms with Crippen LogP contribution in [-0.4, -0.2) is 63.0 Å². The van der Waals surface area contributed by atoms with Crippen LogP contribution in [-0.2, 0) is 19.5 Å². The standard InChI is InChI=1S/C21H22N2O8S/c1-30-20(26)13-5-7-15(21(27)31-2)17(11-13)22-19(25)16-12-14(6-8-18(16)24)32(28,29)23-9-3-4-10-23/h5-8,11-12,24H,3-4,9-10H2,1-2H3,(H,22,25). The van der Waals surface area contributed by atoms with E-state index in [1.54, 1.807) is 0 Å². The molecule has 3 rings (SSSR count). The number of sulfonamides is 1. The lowest BCUT2D eigenvalue weighted by molar-refractivity contribution is 0.0587. The molecule has 1 heterocycles. The van der Waals surface area contributed by atoms with Gasteiger partial charge in [0.05, 0.1) is 41.5 Å². The molecular formula is C21H22N2O8S. The first-order valence-corrected chi connectivity index (χ1v) is 11.1. The zero-order chi connectivity index (χ0) is 23.5. The number of amides is 1. The van der Waals surface area contributed by atoms with Gasteiger partial charge in [0, 0.05) is 13.1 Å². The Bertz CT molecular complexity index is 1170. The van der Waals surface area contributed by atoms with Gasteiger partial charge < -0.3 is 19.9 Å². The van der Waals surface area contributed by atoms with Crippen molar-refractivity contribution in [2.75, 3.05) is 32.6 Å². The molecule has 0 radical (unpaired) electrons. The molecule has 2 N–H and O–H groups in total. The second-order valence-corrected chi connectivity index (χ2v) is 8.93. The smallest absolute Gasteiger partial charge is 0.339 e. The summed E-state index contributed by atoms with van der Waals surface area (Å²) < 4.78 is 36.3. The molecule has 170 valence electrons. The fraction of sp³-hybridized carbons (Fsp3) is 0.286. The molecule has 0 aliphatic carbocycles. The Hall–Kier alpha value is -3.44. The number of carbonyl (C=O) groups is 3.